The van der Waals surface area contributed by atoms with E-state index in [4.69, 9.17) is 14.6 Å². The van der Waals surface area contributed by atoms with Crippen molar-refractivity contribution in [3.05, 3.63) is 87.4 Å². The van der Waals surface area contributed by atoms with Crippen LogP contribution in [0.25, 0.3) is 5.52 Å². The van der Waals surface area contributed by atoms with Crippen molar-refractivity contribution in [1.82, 2.24) is 19.6 Å². The van der Waals surface area contributed by atoms with Gasteiger partial charge in [-0.05, 0) is 63.3 Å². The third-order valence-electron chi connectivity index (χ3n) is 6.25. The second-order valence-corrected chi connectivity index (χ2v) is 8.85. The van der Waals surface area contributed by atoms with Crippen molar-refractivity contribution in [2.45, 2.75) is 52.4 Å². The number of aromatic nitrogens is 4. The lowest BCUT2D eigenvalue weighted by Crippen LogP contribution is -2.20. The Morgan fingerprint density at radius 2 is 1.89 bits per heavy atom. The Balaban J connectivity index is 1.65. The van der Waals surface area contributed by atoms with Crippen LogP contribution in [0.3, 0.4) is 0 Å². The number of hydrogen-bond donors (Lipinski definition) is 1. The number of benzene rings is 2. The molecule has 188 valence electrons. The number of methoxy groups -OCH3 is 1. The fourth-order valence-corrected chi connectivity index (χ4v) is 4.50. The molecular weight excluding hydrogens is 456 g/mol. The third kappa shape index (κ3) is 5.48. The number of ketones is 1. The van der Waals surface area contributed by atoms with Gasteiger partial charge in [-0.15, -0.1) is 0 Å². The maximum absolute atomic E-state index is 13.0. The molecule has 8 heteroatoms. The third-order valence-corrected chi connectivity index (χ3v) is 6.25. The molecule has 2 heterocycles. The van der Waals surface area contributed by atoms with Crippen molar-refractivity contribution in [2.75, 3.05) is 13.7 Å². The first-order valence-electron chi connectivity index (χ1n) is 12.2. The zero-order chi connectivity index (χ0) is 25.7. The van der Waals surface area contributed by atoms with Crippen LogP contribution in [0, 0.1) is 6.92 Å². The van der Waals surface area contributed by atoms with Gasteiger partial charge in [0.15, 0.2) is 17.0 Å². The summed E-state index contributed by atoms with van der Waals surface area (Å²) >= 11 is 0. The highest BCUT2D eigenvalue weighted by molar-refractivity contribution is 5.82. The van der Waals surface area contributed by atoms with Crippen LogP contribution < -0.4 is 15.0 Å². The van der Waals surface area contributed by atoms with Gasteiger partial charge < -0.3 is 14.5 Å². The van der Waals surface area contributed by atoms with Crippen molar-refractivity contribution < 1.29 is 14.3 Å². The zero-order valence-corrected chi connectivity index (χ0v) is 21.2. The number of hydrogen-bond acceptors (Lipinski definition) is 6. The van der Waals surface area contributed by atoms with E-state index in [0.717, 1.165) is 18.4 Å². The molecule has 1 atom stereocenters. The summed E-state index contributed by atoms with van der Waals surface area (Å²) in [5.74, 6) is 1.84. The quantitative estimate of drug-likeness (QED) is 0.336. The normalized spacial score (nSPS) is 12.0. The summed E-state index contributed by atoms with van der Waals surface area (Å²) in [7, 11) is 1.60. The summed E-state index contributed by atoms with van der Waals surface area (Å²) in [4.78, 5) is 33.2. The Labute approximate surface area is 210 Å². The lowest BCUT2D eigenvalue weighted by molar-refractivity contribution is -0.118. The second-order valence-electron chi connectivity index (χ2n) is 8.85. The van der Waals surface area contributed by atoms with Gasteiger partial charge >= 0.3 is 0 Å². The van der Waals surface area contributed by atoms with Gasteiger partial charge in [-0.1, -0.05) is 36.4 Å². The molecule has 0 bridgehead atoms. The molecule has 1 unspecified atom stereocenters. The maximum Gasteiger partial charge on any atom is 0.277 e. The lowest BCUT2D eigenvalue weighted by Gasteiger charge is -2.13. The summed E-state index contributed by atoms with van der Waals surface area (Å²) in [6, 6.07) is 15.8. The van der Waals surface area contributed by atoms with Gasteiger partial charge in [-0.3, -0.25) is 9.59 Å². The van der Waals surface area contributed by atoms with Gasteiger partial charge in [0.25, 0.3) is 5.56 Å². The molecule has 0 radical (unpaired) electrons. The van der Waals surface area contributed by atoms with E-state index in [1.54, 1.807) is 25.5 Å². The smallest absolute Gasteiger partial charge is 0.277 e. The predicted octanol–water partition coefficient (Wildman–Crippen LogP) is 4.42. The molecule has 0 saturated heterocycles. The van der Waals surface area contributed by atoms with Crippen LogP contribution in [-0.4, -0.2) is 39.1 Å². The Hall–Kier alpha value is -3.94. The van der Waals surface area contributed by atoms with Crippen molar-refractivity contribution in [2.24, 2.45) is 0 Å². The number of nitrogens with one attached hydrogen (secondary N) is 1. The molecule has 2 aromatic heterocycles. The summed E-state index contributed by atoms with van der Waals surface area (Å²) in [6.45, 7) is 5.77. The summed E-state index contributed by atoms with van der Waals surface area (Å²) < 4.78 is 12.6. The van der Waals surface area contributed by atoms with Crippen molar-refractivity contribution in [3.63, 3.8) is 0 Å². The maximum atomic E-state index is 13.0. The zero-order valence-electron chi connectivity index (χ0n) is 21.2. The van der Waals surface area contributed by atoms with E-state index in [1.807, 2.05) is 43.3 Å². The van der Waals surface area contributed by atoms with Crippen LogP contribution in [0.2, 0.25) is 0 Å². The number of ether oxygens (including phenoxy) is 2. The van der Waals surface area contributed by atoms with Crippen molar-refractivity contribution in [3.8, 4) is 11.5 Å². The number of rotatable bonds is 11. The van der Waals surface area contributed by atoms with Crippen molar-refractivity contribution >= 4 is 11.3 Å². The largest absolute Gasteiger partial charge is 0.493 e. The number of carbonyl (C=O) groups excluding carboxylic acids is 1. The molecule has 0 fully saturated rings. The molecule has 0 aliphatic rings. The van der Waals surface area contributed by atoms with E-state index < -0.39 is 5.92 Å². The molecule has 4 aromatic rings. The Morgan fingerprint density at radius 1 is 1.11 bits per heavy atom. The number of Topliss-reactive ketones (excluding diaryl/α,β-unsaturated/α-hetero) is 1. The van der Waals surface area contributed by atoms with Gasteiger partial charge in [-0.25, -0.2) is 9.50 Å². The monoisotopic (exact) mass is 488 g/mol. The van der Waals surface area contributed by atoms with Gasteiger partial charge in [0.2, 0.25) is 0 Å². The fraction of sp³-hybridized carbons (Fsp3) is 0.357. The minimum absolute atomic E-state index is 0.00936. The van der Waals surface area contributed by atoms with Gasteiger partial charge in [0.1, 0.15) is 17.4 Å². The molecule has 1 N–H and O–H groups in total. The molecule has 0 spiro atoms. The number of carbonyl (C=O) groups is 1. The molecule has 0 aliphatic carbocycles. The minimum Gasteiger partial charge on any atom is -0.493 e. The van der Waals surface area contributed by atoms with E-state index in [2.05, 4.69) is 22.1 Å². The van der Waals surface area contributed by atoms with Gasteiger partial charge in [-0.2, -0.15) is 5.10 Å². The summed E-state index contributed by atoms with van der Waals surface area (Å²) in [5, 5.41) is 4.71. The highest BCUT2D eigenvalue weighted by Crippen LogP contribution is 2.29. The molecular formula is C28H32N4O4. The van der Waals surface area contributed by atoms with Crippen LogP contribution in [0.1, 0.15) is 61.1 Å². The number of aryl methyl sites for hydroxylation is 2. The average Bonchev–Trinajstić information content (AvgIpc) is 3.19. The fourth-order valence-electron chi connectivity index (χ4n) is 4.50. The highest BCUT2D eigenvalue weighted by Gasteiger charge is 2.25. The van der Waals surface area contributed by atoms with Crippen LogP contribution in [0.4, 0.5) is 0 Å². The van der Waals surface area contributed by atoms with Gasteiger partial charge in [0, 0.05) is 6.42 Å². The number of nitrogens with zero attached hydrogens (tertiary/aromatic N) is 3. The number of fused-ring (bicyclic) bond motifs is 1. The minimum atomic E-state index is -0.442. The number of H-pyrrole nitrogens is 1. The molecule has 0 amide bonds. The van der Waals surface area contributed by atoms with E-state index in [9.17, 15) is 9.59 Å². The number of imidazole rings is 1. The van der Waals surface area contributed by atoms with Crippen LogP contribution in [0.15, 0.2) is 53.3 Å². The van der Waals surface area contributed by atoms with Crippen LogP contribution in [0.5, 0.6) is 11.5 Å². The topological polar surface area (TPSA) is 98.6 Å². The van der Waals surface area contributed by atoms with Gasteiger partial charge in [0.05, 0.1) is 25.3 Å². The molecule has 8 nitrogen and oxygen atoms in total. The number of aromatic amines is 1. The van der Waals surface area contributed by atoms with E-state index in [-0.39, 0.29) is 11.3 Å². The first kappa shape index (κ1) is 25.2. The van der Waals surface area contributed by atoms with Crippen LogP contribution >= 0.6 is 0 Å². The van der Waals surface area contributed by atoms with E-state index in [0.29, 0.717) is 53.8 Å². The molecule has 2 aromatic carbocycles. The predicted molar refractivity (Wildman–Crippen MR) is 138 cm³/mol. The second kappa shape index (κ2) is 11.2. The molecule has 4 rings (SSSR count). The van der Waals surface area contributed by atoms with Crippen molar-refractivity contribution in [1.29, 1.82) is 0 Å². The average molecular weight is 489 g/mol. The SMILES string of the molecule is CCOc1cc(Cc2nn3c(C(CCCc4ccccc4)C(C)=O)nc(C)c3c(=O)[nH]2)ccc1OC. The molecule has 0 aliphatic heterocycles. The van der Waals surface area contributed by atoms with Crippen LogP contribution in [-0.2, 0) is 17.6 Å². The molecule has 0 saturated carbocycles. The van der Waals surface area contributed by atoms with E-state index in [1.165, 1.54) is 5.56 Å². The molecule has 36 heavy (non-hydrogen) atoms. The summed E-state index contributed by atoms with van der Waals surface area (Å²) in [5.41, 5.74) is 2.79. The highest BCUT2D eigenvalue weighted by atomic mass is 16.5. The Kier molecular flexibility index (Phi) is 7.83. The first-order valence-corrected chi connectivity index (χ1v) is 12.2. The lowest BCUT2D eigenvalue weighted by atomic mass is 9.95. The Morgan fingerprint density at radius 3 is 2.58 bits per heavy atom. The summed E-state index contributed by atoms with van der Waals surface area (Å²) in [6.07, 6.45) is 2.70. The Bertz CT molecular complexity index is 1410. The standard InChI is InChI=1S/C28H32N4O4/c1-5-36-24-16-21(14-15-23(24)35-4)17-25-30-28(34)26-18(2)29-27(32(26)31-25)22(19(3)33)13-9-12-20-10-7-6-8-11-20/h6-8,10-11,14-16,22H,5,9,12-13,17H2,1-4H3,(H,30,31,34). The van der Waals surface area contributed by atoms with E-state index >= 15 is 0 Å². The first-order chi connectivity index (χ1) is 17.4.